The van der Waals surface area contributed by atoms with Crippen molar-refractivity contribution in [1.82, 2.24) is 4.90 Å². The number of amides is 1. The third kappa shape index (κ3) is 2.62. The number of rotatable bonds is 2. The van der Waals surface area contributed by atoms with Crippen LogP contribution in [0.2, 0.25) is 0 Å². The molecule has 94 valence electrons. The van der Waals surface area contributed by atoms with Gasteiger partial charge in [-0.3, -0.25) is 4.79 Å². The minimum Gasteiger partial charge on any atom is -0.497 e. The van der Waals surface area contributed by atoms with E-state index in [9.17, 15) is 4.79 Å². The van der Waals surface area contributed by atoms with E-state index in [2.05, 4.69) is 6.07 Å². The van der Waals surface area contributed by atoms with Crippen LogP contribution in [0.15, 0.2) is 24.3 Å². The predicted molar refractivity (Wildman–Crippen MR) is 67.2 cm³/mol. The highest BCUT2D eigenvalue weighted by molar-refractivity contribution is 5.94. The summed E-state index contributed by atoms with van der Waals surface area (Å²) >= 11 is 0. The molecule has 18 heavy (non-hydrogen) atoms. The number of methoxy groups -OCH3 is 1. The molecule has 1 aliphatic heterocycles. The van der Waals surface area contributed by atoms with Crippen molar-refractivity contribution in [3.05, 3.63) is 29.8 Å². The first kappa shape index (κ1) is 12.4. The molecule has 0 aromatic heterocycles. The summed E-state index contributed by atoms with van der Waals surface area (Å²) in [4.78, 5) is 14.1. The van der Waals surface area contributed by atoms with Crippen LogP contribution in [-0.4, -0.2) is 31.0 Å². The van der Waals surface area contributed by atoms with Crippen molar-refractivity contribution in [2.24, 2.45) is 5.92 Å². The van der Waals surface area contributed by atoms with Gasteiger partial charge in [-0.1, -0.05) is 6.07 Å². The lowest BCUT2D eigenvalue weighted by molar-refractivity contribution is 0.0707. The molecule has 0 unspecified atom stereocenters. The summed E-state index contributed by atoms with van der Waals surface area (Å²) in [5.41, 5.74) is 0.643. The van der Waals surface area contributed by atoms with Gasteiger partial charge in [-0.25, -0.2) is 0 Å². The molecule has 0 radical (unpaired) electrons. The molecule has 0 saturated carbocycles. The zero-order chi connectivity index (χ0) is 13.0. The van der Waals surface area contributed by atoms with Crippen molar-refractivity contribution in [1.29, 1.82) is 5.26 Å². The molecule has 1 heterocycles. The van der Waals surface area contributed by atoms with Gasteiger partial charge in [0.05, 0.1) is 13.2 Å². The average molecular weight is 244 g/mol. The molecule has 1 amide bonds. The third-order valence-electron chi connectivity index (χ3n) is 3.28. The van der Waals surface area contributed by atoms with E-state index in [1.807, 2.05) is 17.0 Å². The molecule has 0 spiro atoms. The Balaban J connectivity index is 2.05. The molecule has 0 aliphatic carbocycles. The summed E-state index contributed by atoms with van der Waals surface area (Å²) in [5.74, 6) is 0.803. The van der Waals surface area contributed by atoms with E-state index in [4.69, 9.17) is 10.00 Å². The summed E-state index contributed by atoms with van der Waals surface area (Å²) < 4.78 is 5.11. The van der Waals surface area contributed by atoms with Gasteiger partial charge >= 0.3 is 0 Å². The number of hydrogen-bond donors (Lipinski definition) is 0. The molecule has 1 aromatic rings. The minimum atomic E-state index is 0.0188. The van der Waals surface area contributed by atoms with E-state index in [1.54, 1.807) is 19.2 Å². The van der Waals surface area contributed by atoms with Crippen LogP contribution < -0.4 is 4.74 Å². The Morgan fingerprint density at radius 3 is 2.78 bits per heavy atom. The summed E-state index contributed by atoms with van der Waals surface area (Å²) in [7, 11) is 1.59. The first-order valence-electron chi connectivity index (χ1n) is 6.07. The smallest absolute Gasteiger partial charge is 0.253 e. The molecule has 4 heteroatoms. The first-order chi connectivity index (χ1) is 8.74. The normalized spacial score (nSPS) is 16.1. The molecule has 2 rings (SSSR count). The van der Waals surface area contributed by atoms with Gasteiger partial charge < -0.3 is 9.64 Å². The Labute approximate surface area is 107 Å². The van der Waals surface area contributed by atoms with Gasteiger partial charge in [0.25, 0.3) is 5.91 Å². The second-order valence-corrected chi connectivity index (χ2v) is 4.43. The number of nitriles is 1. The molecule has 4 nitrogen and oxygen atoms in total. The SMILES string of the molecule is COc1cccc(C(=O)N2CCC(C#N)CC2)c1. The largest absolute Gasteiger partial charge is 0.497 e. The standard InChI is InChI=1S/C14H16N2O2/c1-18-13-4-2-3-12(9-13)14(17)16-7-5-11(10-15)6-8-16/h2-4,9,11H,5-8H2,1H3. The number of piperidine rings is 1. The van der Waals surface area contributed by atoms with Crippen LogP contribution in [-0.2, 0) is 0 Å². The van der Waals surface area contributed by atoms with Crippen molar-refractivity contribution in [2.75, 3.05) is 20.2 Å². The van der Waals surface area contributed by atoms with Crippen LogP contribution in [0.25, 0.3) is 0 Å². The van der Waals surface area contributed by atoms with Crippen LogP contribution in [0.4, 0.5) is 0 Å². The second-order valence-electron chi connectivity index (χ2n) is 4.43. The van der Waals surface area contributed by atoms with Gasteiger partial charge in [-0.2, -0.15) is 5.26 Å². The Bertz CT molecular complexity index is 471. The van der Waals surface area contributed by atoms with E-state index in [0.717, 1.165) is 12.8 Å². The fraction of sp³-hybridized carbons (Fsp3) is 0.429. The molecular weight excluding hydrogens is 228 g/mol. The molecule has 0 bridgehead atoms. The first-order valence-corrected chi connectivity index (χ1v) is 6.07. The molecule has 0 N–H and O–H groups in total. The van der Waals surface area contributed by atoms with E-state index in [0.29, 0.717) is 24.4 Å². The van der Waals surface area contributed by atoms with Crippen LogP contribution in [0.5, 0.6) is 5.75 Å². The van der Waals surface area contributed by atoms with E-state index in [1.165, 1.54) is 0 Å². The summed E-state index contributed by atoms with van der Waals surface area (Å²) in [5, 5.41) is 8.83. The van der Waals surface area contributed by atoms with Gasteiger partial charge in [-0.05, 0) is 31.0 Å². The molecule has 1 saturated heterocycles. The van der Waals surface area contributed by atoms with Gasteiger partial charge in [0, 0.05) is 24.6 Å². The molecule has 0 atom stereocenters. The van der Waals surface area contributed by atoms with Crippen LogP contribution in [0, 0.1) is 17.2 Å². The molecule has 1 aliphatic rings. The lowest BCUT2D eigenvalue weighted by Crippen LogP contribution is -2.38. The number of ether oxygens (including phenoxy) is 1. The Morgan fingerprint density at radius 1 is 1.44 bits per heavy atom. The summed E-state index contributed by atoms with van der Waals surface area (Å²) in [6, 6.07) is 9.44. The monoisotopic (exact) mass is 244 g/mol. The quantitative estimate of drug-likeness (QED) is 0.800. The van der Waals surface area contributed by atoms with Crippen molar-refractivity contribution < 1.29 is 9.53 Å². The maximum Gasteiger partial charge on any atom is 0.253 e. The zero-order valence-corrected chi connectivity index (χ0v) is 10.4. The Morgan fingerprint density at radius 2 is 2.17 bits per heavy atom. The number of benzene rings is 1. The van der Waals surface area contributed by atoms with Gasteiger partial charge in [0.1, 0.15) is 5.75 Å². The van der Waals surface area contributed by atoms with Crippen molar-refractivity contribution >= 4 is 5.91 Å². The van der Waals surface area contributed by atoms with Crippen molar-refractivity contribution in [2.45, 2.75) is 12.8 Å². The number of hydrogen-bond acceptors (Lipinski definition) is 3. The molecular formula is C14H16N2O2. The lowest BCUT2D eigenvalue weighted by atomic mass is 9.98. The van der Waals surface area contributed by atoms with Crippen molar-refractivity contribution in [3.8, 4) is 11.8 Å². The summed E-state index contributed by atoms with van der Waals surface area (Å²) in [6.45, 7) is 1.32. The van der Waals surface area contributed by atoms with Gasteiger partial charge in [0.15, 0.2) is 0 Å². The highest BCUT2D eigenvalue weighted by Gasteiger charge is 2.23. The zero-order valence-electron chi connectivity index (χ0n) is 10.4. The van der Waals surface area contributed by atoms with Gasteiger partial charge in [-0.15, -0.1) is 0 Å². The maximum absolute atomic E-state index is 12.3. The fourth-order valence-corrected chi connectivity index (χ4v) is 2.15. The number of nitrogens with zero attached hydrogens (tertiary/aromatic N) is 2. The number of carbonyl (C=O) groups is 1. The maximum atomic E-state index is 12.3. The fourth-order valence-electron chi connectivity index (χ4n) is 2.15. The third-order valence-corrected chi connectivity index (χ3v) is 3.28. The van der Waals surface area contributed by atoms with Crippen molar-refractivity contribution in [3.63, 3.8) is 0 Å². The topological polar surface area (TPSA) is 53.3 Å². The minimum absolute atomic E-state index is 0.0188. The number of likely N-dealkylation sites (tertiary alicyclic amines) is 1. The Hall–Kier alpha value is -2.02. The highest BCUT2D eigenvalue weighted by atomic mass is 16.5. The molecule has 1 fully saturated rings. The van der Waals surface area contributed by atoms with Crippen LogP contribution >= 0.6 is 0 Å². The lowest BCUT2D eigenvalue weighted by Gasteiger charge is -2.29. The van der Waals surface area contributed by atoms with E-state index < -0.39 is 0 Å². The van der Waals surface area contributed by atoms with E-state index >= 15 is 0 Å². The summed E-state index contributed by atoms with van der Waals surface area (Å²) in [6.07, 6.45) is 1.54. The second kappa shape index (κ2) is 5.54. The average Bonchev–Trinajstić information content (AvgIpc) is 2.46. The highest BCUT2D eigenvalue weighted by Crippen LogP contribution is 2.20. The van der Waals surface area contributed by atoms with Crippen LogP contribution in [0.1, 0.15) is 23.2 Å². The van der Waals surface area contributed by atoms with Gasteiger partial charge in [0.2, 0.25) is 0 Å². The predicted octanol–water partition coefficient (Wildman–Crippen LogP) is 2.07. The Kier molecular flexibility index (Phi) is 3.83. The number of carbonyl (C=O) groups excluding carboxylic acids is 1. The van der Waals surface area contributed by atoms with Crippen LogP contribution in [0.3, 0.4) is 0 Å². The van der Waals surface area contributed by atoms with E-state index in [-0.39, 0.29) is 11.8 Å². The molecule has 1 aromatic carbocycles.